The predicted octanol–water partition coefficient (Wildman–Crippen LogP) is 3.37. The van der Waals surface area contributed by atoms with E-state index in [1.807, 2.05) is 17.0 Å². The molecule has 0 fully saturated rings. The number of rotatable bonds is 5. The molecule has 3 aromatic rings. The molecule has 132 valence electrons. The molecule has 0 atom stereocenters. The van der Waals surface area contributed by atoms with E-state index >= 15 is 0 Å². The third-order valence-electron chi connectivity index (χ3n) is 3.62. The maximum absolute atomic E-state index is 13.0. The smallest absolute Gasteiger partial charge is 0.349 e. The maximum atomic E-state index is 13.0. The first-order valence-electron chi connectivity index (χ1n) is 7.49. The minimum absolute atomic E-state index is 0.269. The van der Waals surface area contributed by atoms with E-state index in [4.69, 9.17) is 17.3 Å². The molecular weight excluding hydrogens is 355 g/mol. The zero-order chi connectivity index (χ0) is 18.0. The number of fused-ring (bicyclic) bond motifs is 1. The number of nitrogens with zero attached hydrogens (tertiary/aromatic N) is 4. The van der Waals surface area contributed by atoms with E-state index in [0.29, 0.717) is 30.5 Å². The summed E-state index contributed by atoms with van der Waals surface area (Å²) in [6, 6.07) is 8.23. The molecule has 0 amide bonds. The highest BCUT2D eigenvalue weighted by Crippen LogP contribution is 2.31. The quantitative estimate of drug-likeness (QED) is 0.749. The van der Waals surface area contributed by atoms with Crippen LogP contribution in [-0.2, 0) is 12.7 Å². The third kappa shape index (κ3) is 3.85. The van der Waals surface area contributed by atoms with Crippen LogP contribution in [0, 0.1) is 0 Å². The molecule has 9 heteroatoms. The van der Waals surface area contributed by atoms with Crippen molar-refractivity contribution in [2.75, 3.05) is 18.0 Å². The molecule has 25 heavy (non-hydrogen) atoms. The summed E-state index contributed by atoms with van der Waals surface area (Å²) in [6.45, 7) is 1.16. The lowest BCUT2D eigenvalue weighted by Gasteiger charge is -2.23. The van der Waals surface area contributed by atoms with Crippen LogP contribution in [-0.4, -0.2) is 27.7 Å². The van der Waals surface area contributed by atoms with Crippen LogP contribution in [0.25, 0.3) is 5.52 Å². The van der Waals surface area contributed by atoms with Crippen molar-refractivity contribution >= 4 is 22.9 Å². The molecule has 2 aromatic heterocycles. The van der Waals surface area contributed by atoms with Crippen molar-refractivity contribution in [3.63, 3.8) is 0 Å². The number of anilines is 1. The Balaban J connectivity index is 2.02. The topological polar surface area (TPSA) is 59.5 Å². The molecule has 5 nitrogen and oxygen atoms in total. The zero-order valence-corrected chi connectivity index (χ0v) is 13.8. The number of hydrogen-bond acceptors (Lipinski definition) is 4. The van der Waals surface area contributed by atoms with Crippen LogP contribution >= 0.6 is 11.6 Å². The molecule has 0 aliphatic heterocycles. The number of halogens is 4. The van der Waals surface area contributed by atoms with Gasteiger partial charge in [-0.15, -0.1) is 0 Å². The zero-order valence-electron chi connectivity index (χ0n) is 13.0. The van der Waals surface area contributed by atoms with Crippen molar-refractivity contribution in [2.24, 2.45) is 5.73 Å². The van der Waals surface area contributed by atoms with Crippen LogP contribution in [0.15, 0.2) is 42.7 Å². The summed E-state index contributed by atoms with van der Waals surface area (Å²) in [6.07, 6.45) is -1.72. The van der Waals surface area contributed by atoms with E-state index in [1.165, 1.54) is 16.9 Å². The van der Waals surface area contributed by atoms with Crippen LogP contribution in [0.3, 0.4) is 0 Å². The van der Waals surface area contributed by atoms with E-state index in [2.05, 4.69) is 10.1 Å². The van der Waals surface area contributed by atoms with Crippen molar-refractivity contribution in [2.45, 2.75) is 12.7 Å². The van der Waals surface area contributed by atoms with E-state index in [-0.39, 0.29) is 5.52 Å². The SMILES string of the molecule is NCCN(Cc1cccc(Cl)c1)c1nccn2nc(C(F)(F)F)cc12. The van der Waals surface area contributed by atoms with Crippen molar-refractivity contribution in [1.82, 2.24) is 14.6 Å². The third-order valence-corrected chi connectivity index (χ3v) is 3.86. The summed E-state index contributed by atoms with van der Waals surface area (Å²) in [5.74, 6) is 0.385. The van der Waals surface area contributed by atoms with Gasteiger partial charge in [0, 0.05) is 43.1 Å². The van der Waals surface area contributed by atoms with E-state index < -0.39 is 11.9 Å². The molecule has 0 spiro atoms. The second-order valence-corrected chi connectivity index (χ2v) is 5.88. The first kappa shape index (κ1) is 17.5. The highest BCUT2D eigenvalue weighted by Gasteiger charge is 2.34. The summed E-state index contributed by atoms with van der Waals surface area (Å²) >= 11 is 6.00. The Morgan fingerprint density at radius 1 is 1.24 bits per heavy atom. The molecule has 2 heterocycles. The Hall–Kier alpha value is -2.32. The van der Waals surface area contributed by atoms with Crippen molar-refractivity contribution in [1.29, 1.82) is 0 Å². The fourth-order valence-electron chi connectivity index (χ4n) is 2.56. The van der Waals surface area contributed by atoms with Gasteiger partial charge in [-0.25, -0.2) is 9.50 Å². The fraction of sp³-hybridized carbons (Fsp3) is 0.250. The number of benzene rings is 1. The molecule has 1 aromatic carbocycles. The molecule has 0 radical (unpaired) electrons. The highest BCUT2D eigenvalue weighted by atomic mass is 35.5. The van der Waals surface area contributed by atoms with Crippen LogP contribution in [0.1, 0.15) is 11.3 Å². The highest BCUT2D eigenvalue weighted by molar-refractivity contribution is 6.30. The Kier molecular flexibility index (Phi) is 4.82. The fourth-order valence-corrected chi connectivity index (χ4v) is 2.77. The summed E-state index contributed by atoms with van der Waals surface area (Å²) in [5.41, 5.74) is 5.88. The lowest BCUT2D eigenvalue weighted by molar-refractivity contribution is -0.141. The Bertz CT molecular complexity index is 878. The maximum Gasteiger partial charge on any atom is 0.435 e. The molecule has 2 N–H and O–H groups in total. The van der Waals surface area contributed by atoms with Crippen LogP contribution in [0.2, 0.25) is 5.02 Å². The molecule has 0 saturated carbocycles. The average molecular weight is 370 g/mol. The lowest BCUT2D eigenvalue weighted by atomic mass is 10.2. The second-order valence-electron chi connectivity index (χ2n) is 5.45. The lowest BCUT2D eigenvalue weighted by Crippen LogP contribution is -2.30. The Morgan fingerprint density at radius 3 is 2.72 bits per heavy atom. The van der Waals surface area contributed by atoms with Gasteiger partial charge >= 0.3 is 6.18 Å². The number of aromatic nitrogens is 3. The summed E-state index contributed by atoms with van der Waals surface area (Å²) in [5, 5.41) is 4.16. The molecule has 3 rings (SSSR count). The van der Waals surface area contributed by atoms with Gasteiger partial charge in [0.1, 0.15) is 5.52 Å². The molecule has 0 aliphatic rings. The molecule has 0 bridgehead atoms. The van der Waals surface area contributed by atoms with Crippen molar-refractivity contribution < 1.29 is 13.2 Å². The van der Waals surface area contributed by atoms with Crippen molar-refractivity contribution in [3.8, 4) is 0 Å². The monoisotopic (exact) mass is 369 g/mol. The molecule has 0 unspecified atom stereocenters. The summed E-state index contributed by atoms with van der Waals surface area (Å²) in [4.78, 5) is 6.06. The predicted molar refractivity (Wildman–Crippen MR) is 89.5 cm³/mol. The standard InChI is InChI=1S/C16H15ClF3N5/c17-12-3-1-2-11(8-12)10-24(6-4-21)15-13-9-14(16(18,19)20)23-25(13)7-5-22-15/h1-3,5,7-9H,4,6,10,21H2. The van der Waals surface area contributed by atoms with Gasteiger partial charge in [-0.1, -0.05) is 23.7 Å². The van der Waals surface area contributed by atoms with Gasteiger partial charge in [-0.2, -0.15) is 18.3 Å². The van der Waals surface area contributed by atoms with Gasteiger partial charge in [0.2, 0.25) is 0 Å². The average Bonchev–Trinajstić information content (AvgIpc) is 2.99. The van der Waals surface area contributed by atoms with Crippen LogP contribution in [0.4, 0.5) is 19.0 Å². The second kappa shape index (κ2) is 6.89. The first-order valence-corrected chi connectivity index (χ1v) is 7.87. The summed E-state index contributed by atoms with van der Waals surface area (Å²) in [7, 11) is 0. The number of hydrogen-bond donors (Lipinski definition) is 1. The van der Waals surface area contributed by atoms with E-state index in [9.17, 15) is 13.2 Å². The summed E-state index contributed by atoms with van der Waals surface area (Å²) < 4.78 is 40.0. The van der Waals surface area contributed by atoms with E-state index in [1.54, 1.807) is 12.1 Å². The van der Waals surface area contributed by atoms with Crippen molar-refractivity contribution in [3.05, 3.63) is 59.0 Å². The van der Waals surface area contributed by atoms with Gasteiger partial charge < -0.3 is 10.6 Å². The van der Waals surface area contributed by atoms with Crippen LogP contribution in [0.5, 0.6) is 0 Å². The minimum atomic E-state index is -4.52. The largest absolute Gasteiger partial charge is 0.435 e. The Morgan fingerprint density at radius 2 is 2.04 bits per heavy atom. The normalized spacial score (nSPS) is 11.9. The molecule has 0 aliphatic carbocycles. The number of nitrogens with two attached hydrogens (primary N) is 1. The number of alkyl halides is 3. The van der Waals surface area contributed by atoms with E-state index in [0.717, 1.165) is 11.6 Å². The van der Waals surface area contributed by atoms with Gasteiger partial charge in [-0.05, 0) is 17.7 Å². The Labute approximate surface area is 146 Å². The van der Waals surface area contributed by atoms with Gasteiger partial charge in [0.15, 0.2) is 11.5 Å². The van der Waals surface area contributed by atoms with Crippen LogP contribution < -0.4 is 10.6 Å². The van der Waals surface area contributed by atoms with Gasteiger partial charge in [0.05, 0.1) is 0 Å². The first-order chi connectivity index (χ1) is 11.9. The minimum Gasteiger partial charge on any atom is -0.349 e. The van der Waals surface area contributed by atoms with Gasteiger partial charge in [-0.3, -0.25) is 0 Å². The molecular formula is C16H15ClF3N5. The van der Waals surface area contributed by atoms with Gasteiger partial charge in [0.25, 0.3) is 0 Å². The molecule has 0 saturated heterocycles.